The number of fused-ring (bicyclic) bond motifs is 3. The Morgan fingerprint density at radius 3 is 2.79 bits per heavy atom. The second-order valence-corrected chi connectivity index (χ2v) is 9.14. The summed E-state index contributed by atoms with van der Waals surface area (Å²) in [5.74, 6) is 1.75. The lowest BCUT2D eigenvalue weighted by Crippen LogP contribution is -2.49. The number of carbonyl (C=O) groups is 1. The number of aromatic amines is 1. The lowest BCUT2D eigenvalue weighted by atomic mass is 10.0. The van der Waals surface area contributed by atoms with Crippen LogP contribution in [0, 0.1) is 0 Å². The van der Waals surface area contributed by atoms with E-state index in [1.165, 1.54) is 11.3 Å². The molecule has 0 spiro atoms. The molecule has 0 bridgehead atoms. The van der Waals surface area contributed by atoms with Gasteiger partial charge in [-0.1, -0.05) is 12.1 Å². The maximum Gasteiger partial charge on any atom is 0.282 e. The number of hydrogen-bond donors (Lipinski definition) is 1. The smallest absolute Gasteiger partial charge is 0.282 e. The lowest BCUT2D eigenvalue weighted by Gasteiger charge is -2.35. The van der Waals surface area contributed by atoms with Gasteiger partial charge in [0.15, 0.2) is 5.01 Å². The van der Waals surface area contributed by atoms with Crippen molar-refractivity contribution in [3.8, 4) is 28.1 Å². The Morgan fingerprint density at radius 1 is 1.09 bits per heavy atom. The fourth-order valence-corrected chi connectivity index (χ4v) is 5.34. The highest BCUT2D eigenvalue weighted by Crippen LogP contribution is 2.39. The summed E-state index contributed by atoms with van der Waals surface area (Å²) in [5, 5.41) is 7.43. The molecule has 0 radical (unpaired) electrons. The van der Waals surface area contributed by atoms with Crippen molar-refractivity contribution in [2.24, 2.45) is 0 Å². The fourth-order valence-electron chi connectivity index (χ4n) is 4.32. The van der Waals surface area contributed by atoms with Crippen molar-refractivity contribution in [2.75, 3.05) is 37.7 Å². The first-order valence-electron chi connectivity index (χ1n) is 11.0. The summed E-state index contributed by atoms with van der Waals surface area (Å²) in [6, 6.07) is 12.0. The summed E-state index contributed by atoms with van der Waals surface area (Å²) >= 11 is 1.49. The van der Waals surface area contributed by atoms with Crippen molar-refractivity contribution in [1.82, 2.24) is 25.1 Å². The van der Waals surface area contributed by atoms with Crippen molar-refractivity contribution in [1.29, 1.82) is 0 Å². The van der Waals surface area contributed by atoms with Crippen LogP contribution in [0.4, 0.5) is 5.82 Å². The molecule has 1 saturated heterocycles. The Bertz CT molecular complexity index is 1280. The molecule has 33 heavy (non-hydrogen) atoms. The van der Waals surface area contributed by atoms with Crippen molar-refractivity contribution >= 4 is 23.1 Å². The topological polar surface area (TPSA) is 87.2 Å². The van der Waals surface area contributed by atoms with E-state index in [1.807, 2.05) is 47.5 Å². The third-order valence-corrected chi connectivity index (χ3v) is 7.18. The minimum atomic E-state index is 0.00577. The predicted molar refractivity (Wildman–Crippen MR) is 127 cm³/mol. The van der Waals surface area contributed by atoms with E-state index in [9.17, 15) is 4.79 Å². The van der Waals surface area contributed by atoms with E-state index in [0.717, 1.165) is 58.3 Å². The highest BCUT2D eigenvalue weighted by Gasteiger charge is 2.28. The van der Waals surface area contributed by atoms with Crippen LogP contribution in [0.1, 0.15) is 14.7 Å². The number of carbonyl (C=O) groups excluding carboxylic acids is 1. The molecule has 1 amide bonds. The van der Waals surface area contributed by atoms with E-state index in [0.29, 0.717) is 24.7 Å². The second kappa shape index (κ2) is 8.32. The molecule has 6 rings (SSSR count). The molecule has 0 aliphatic carbocycles. The fraction of sp³-hybridized carbons (Fsp3) is 0.250. The summed E-state index contributed by atoms with van der Waals surface area (Å²) in [4.78, 5) is 27.7. The van der Waals surface area contributed by atoms with Crippen molar-refractivity contribution in [3.05, 3.63) is 64.9 Å². The number of thiazole rings is 1. The molecule has 9 heteroatoms. The largest absolute Gasteiger partial charge is 0.492 e. The standard InChI is InChI=1S/C24H22N6O2S/c31-24(30-10-8-29(9-11-30)21-3-1-2-7-25-21)23-28-22-18-5-4-16(17-14-26-27-15-17)13-19(18)32-12-6-20(22)33-23/h1-5,7,13-15H,6,8-12H2,(H,26,27). The normalized spacial score (nSPS) is 15.4. The Hall–Kier alpha value is -3.72. The molecule has 8 nitrogen and oxygen atoms in total. The van der Waals surface area contributed by atoms with Crippen LogP contribution in [-0.2, 0) is 6.42 Å². The number of aromatic nitrogens is 4. The molecular formula is C24H22N6O2S. The number of hydrogen-bond acceptors (Lipinski definition) is 7. The molecule has 4 aromatic rings. The maximum absolute atomic E-state index is 13.3. The summed E-state index contributed by atoms with van der Waals surface area (Å²) in [5.41, 5.74) is 3.83. The number of benzene rings is 1. The maximum atomic E-state index is 13.3. The number of H-pyrrole nitrogens is 1. The molecule has 0 atom stereocenters. The quantitative estimate of drug-likeness (QED) is 0.506. The van der Waals surface area contributed by atoms with Gasteiger partial charge < -0.3 is 14.5 Å². The Morgan fingerprint density at radius 2 is 2.00 bits per heavy atom. The molecule has 5 heterocycles. The van der Waals surface area contributed by atoms with Gasteiger partial charge in [0.1, 0.15) is 11.6 Å². The van der Waals surface area contributed by atoms with E-state index >= 15 is 0 Å². The number of anilines is 1. The highest BCUT2D eigenvalue weighted by molar-refractivity contribution is 7.14. The first-order chi connectivity index (χ1) is 16.3. The second-order valence-electron chi connectivity index (χ2n) is 8.05. The summed E-state index contributed by atoms with van der Waals surface area (Å²) < 4.78 is 6.03. The number of rotatable bonds is 3. The van der Waals surface area contributed by atoms with Crippen molar-refractivity contribution < 1.29 is 9.53 Å². The zero-order valence-corrected chi connectivity index (χ0v) is 18.7. The molecule has 2 aliphatic heterocycles. The Kier molecular flexibility index (Phi) is 5.03. The minimum Gasteiger partial charge on any atom is -0.492 e. The van der Waals surface area contributed by atoms with Crippen molar-refractivity contribution in [2.45, 2.75) is 6.42 Å². The number of ether oxygens (including phenoxy) is 1. The van der Waals surface area contributed by atoms with Crippen LogP contribution >= 0.6 is 11.3 Å². The minimum absolute atomic E-state index is 0.00577. The first-order valence-corrected chi connectivity index (χ1v) is 11.8. The monoisotopic (exact) mass is 458 g/mol. The summed E-state index contributed by atoms with van der Waals surface area (Å²) in [6.45, 7) is 3.41. The third-order valence-electron chi connectivity index (χ3n) is 6.08. The van der Waals surface area contributed by atoms with Gasteiger partial charge in [-0.25, -0.2) is 9.97 Å². The van der Waals surface area contributed by atoms with Gasteiger partial charge in [-0.15, -0.1) is 11.3 Å². The van der Waals surface area contributed by atoms with E-state index in [2.05, 4.69) is 20.1 Å². The average Bonchev–Trinajstić information content (AvgIpc) is 3.52. The van der Waals surface area contributed by atoms with Crippen molar-refractivity contribution in [3.63, 3.8) is 0 Å². The number of amides is 1. The highest BCUT2D eigenvalue weighted by atomic mass is 32.1. The van der Waals surface area contributed by atoms with Gasteiger partial charge in [0.25, 0.3) is 5.91 Å². The SMILES string of the molecule is O=C(c1nc2c(s1)CCOc1cc(-c3cn[nH]c3)ccc1-2)N1CCN(c2ccccn2)CC1. The molecule has 2 aliphatic rings. The van der Waals surface area contributed by atoms with Crippen LogP contribution in [0.2, 0.25) is 0 Å². The predicted octanol–water partition coefficient (Wildman–Crippen LogP) is 3.49. The van der Waals surface area contributed by atoms with E-state index in [-0.39, 0.29) is 5.91 Å². The molecular weight excluding hydrogens is 436 g/mol. The van der Waals surface area contributed by atoms with Gasteiger partial charge >= 0.3 is 0 Å². The van der Waals surface area contributed by atoms with E-state index < -0.39 is 0 Å². The van der Waals surface area contributed by atoms with Crippen LogP contribution in [-0.4, -0.2) is 63.8 Å². The van der Waals surface area contributed by atoms with Gasteiger partial charge in [-0.3, -0.25) is 9.89 Å². The van der Waals surface area contributed by atoms with Gasteiger partial charge in [-0.2, -0.15) is 5.10 Å². The van der Waals surface area contributed by atoms with Crippen LogP contribution in [0.15, 0.2) is 55.0 Å². The number of piperazine rings is 1. The number of pyridine rings is 1. The Labute approximate surface area is 194 Å². The molecule has 1 N–H and O–H groups in total. The van der Waals surface area contributed by atoms with Gasteiger partial charge in [0.2, 0.25) is 0 Å². The van der Waals surface area contributed by atoms with Crippen LogP contribution in [0.5, 0.6) is 5.75 Å². The average molecular weight is 459 g/mol. The number of nitrogens with one attached hydrogen (secondary N) is 1. The molecule has 3 aromatic heterocycles. The number of nitrogens with zero attached hydrogens (tertiary/aromatic N) is 5. The molecule has 1 aromatic carbocycles. The molecule has 0 saturated carbocycles. The Balaban J connectivity index is 1.23. The van der Waals surface area contributed by atoms with E-state index in [4.69, 9.17) is 9.72 Å². The third kappa shape index (κ3) is 3.74. The van der Waals surface area contributed by atoms with Crippen LogP contribution < -0.4 is 9.64 Å². The molecule has 0 unspecified atom stereocenters. The van der Waals surface area contributed by atoms with Crippen LogP contribution in [0.25, 0.3) is 22.4 Å². The van der Waals surface area contributed by atoms with Gasteiger partial charge in [0, 0.05) is 61.0 Å². The molecule has 1 fully saturated rings. The van der Waals surface area contributed by atoms with E-state index in [1.54, 1.807) is 12.4 Å². The lowest BCUT2D eigenvalue weighted by molar-refractivity contribution is 0.0746. The van der Waals surface area contributed by atoms with Gasteiger partial charge in [0.05, 0.1) is 18.5 Å². The summed E-state index contributed by atoms with van der Waals surface area (Å²) in [7, 11) is 0. The summed E-state index contributed by atoms with van der Waals surface area (Å²) in [6.07, 6.45) is 6.19. The molecule has 166 valence electrons. The zero-order chi connectivity index (χ0) is 22.2. The van der Waals surface area contributed by atoms with Crippen LogP contribution in [0.3, 0.4) is 0 Å². The first kappa shape index (κ1) is 19.9. The zero-order valence-electron chi connectivity index (χ0n) is 17.9. The van der Waals surface area contributed by atoms with Gasteiger partial charge in [-0.05, 0) is 29.8 Å².